The number of nitrogens with one attached hydrogen (secondary N) is 2. The van der Waals surface area contributed by atoms with Crippen molar-refractivity contribution in [2.24, 2.45) is 0 Å². The van der Waals surface area contributed by atoms with Gasteiger partial charge in [0.1, 0.15) is 0 Å². The molecular weight excluding hydrogens is 212 g/mol. The molecule has 0 aliphatic carbocycles. The SMILES string of the molecule is COC(=O)NS(=O)(=O)NCCCCO. The van der Waals surface area contributed by atoms with Crippen LogP contribution in [0, 0.1) is 0 Å². The molecule has 0 bridgehead atoms. The van der Waals surface area contributed by atoms with E-state index in [1.54, 1.807) is 4.72 Å². The number of ether oxygens (including phenoxy) is 1. The molecule has 84 valence electrons. The molecule has 0 saturated carbocycles. The first-order valence-corrected chi connectivity index (χ1v) is 5.46. The second-order valence-corrected chi connectivity index (χ2v) is 3.92. The Morgan fingerprint density at radius 2 is 2.07 bits per heavy atom. The van der Waals surface area contributed by atoms with Crippen LogP contribution in [0.15, 0.2) is 0 Å². The van der Waals surface area contributed by atoms with Gasteiger partial charge in [-0.2, -0.15) is 13.1 Å². The van der Waals surface area contributed by atoms with Crippen LogP contribution >= 0.6 is 0 Å². The van der Waals surface area contributed by atoms with Crippen molar-refractivity contribution in [2.75, 3.05) is 20.3 Å². The molecule has 0 heterocycles. The third-order valence-electron chi connectivity index (χ3n) is 1.28. The van der Waals surface area contributed by atoms with E-state index < -0.39 is 16.3 Å². The molecule has 0 spiro atoms. The van der Waals surface area contributed by atoms with Crippen molar-refractivity contribution < 1.29 is 23.1 Å². The van der Waals surface area contributed by atoms with Crippen LogP contribution in [-0.4, -0.2) is 39.9 Å². The molecule has 0 saturated heterocycles. The van der Waals surface area contributed by atoms with Gasteiger partial charge in [-0.1, -0.05) is 0 Å². The lowest BCUT2D eigenvalue weighted by molar-refractivity contribution is 0.177. The molecule has 14 heavy (non-hydrogen) atoms. The Bertz CT molecular complexity index is 263. The monoisotopic (exact) mass is 226 g/mol. The minimum absolute atomic E-state index is 0.00611. The fourth-order valence-corrected chi connectivity index (χ4v) is 1.42. The molecule has 3 N–H and O–H groups in total. The zero-order chi connectivity index (χ0) is 11.0. The van der Waals surface area contributed by atoms with Gasteiger partial charge in [0.05, 0.1) is 7.11 Å². The van der Waals surface area contributed by atoms with E-state index in [9.17, 15) is 13.2 Å². The standard InChI is InChI=1S/C6H14N2O5S/c1-13-6(10)8-14(11,12)7-4-2-3-5-9/h7,9H,2-5H2,1H3,(H,8,10). The molecule has 8 heteroatoms. The van der Waals surface area contributed by atoms with Gasteiger partial charge in [-0.05, 0) is 12.8 Å². The first-order chi connectivity index (χ1) is 6.52. The number of methoxy groups -OCH3 is 1. The number of unbranched alkanes of at least 4 members (excludes halogenated alkanes) is 1. The predicted molar refractivity (Wildman–Crippen MR) is 48.8 cm³/mol. The molecule has 0 aromatic carbocycles. The Balaban J connectivity index is 3.79. The summed E-state index contributed by atoms with van der Waals surface area (Å²) in [5, 5.41) is 8.41. The van der Waals surface area contributed by atoms with Gasteiger partial charge >= 0.3 is 16.3 Å². The average molecular weight is 226 g/mol. The maximum atomic E-state index is 11.0. The van der Waals surface area contributed by atoms with E-state index in [0.29, 0.717) is 12.8 Å². The van der Waals surface area contributed by atoms with Gasteiger partial charge in [0.15, 0.2) is 0 Å². The highest BCUT2D eigenvalue weighted by atomic mass is 32.2. The second kappa shape index (κ2) is 6.57. The van der Waals surface area contributed by atoms with Crippen molar-refractivity contribution in [3.63, 3.8) is 0 Å². The molecule has 0 unspecified atom stereocenters. The molecule has 0 rings (SSSR count). The summed E-state index contributed by atoms with van der Waals surface area (Å²) >= 11 is 0. The van der Waals surface area contributed by atoms with E-state index in [4.69, 9.17) is 5.11 Å². The third kappa shape index (κ3) is 6.63. The minimum Gasteiger partial charge on any atom is -0.452 e. The van der Waals surface area contributed by atoms with Crippen LogP contribution in [0.3, 0.4) is 0 Å². The number of carbonyl (C=O) groups excluding carboxylic acids is 1. The first-order valence-electron chi connectivity index (χ1n) is 3.98. The predicted octanol–water partition coefficient (Wildman–Crippen LogP) is -1.05. The fraction of sp³-hybridized carbons (Fsp3) is 0.833. The van der Waals surface area contributed by atoms with Gasteiger partial charge in [0, 0.05) is 13.2 Å². The van der Waals surface area contributed by atoms with E-state index >= 15 is 0 Å². The summed E-state index contributed by atoms with van der Waals surface area (Å²) in [6, 6.07) is 0. The molecule has 0 aromatic heterocycles. The summed E-state index contributed by atoms with van der Waals surface area (Å²) in [6.45, 7) is 0.166. The van der Waals surface area contributed by atoms with Crippen molar-refractivity contribution in [2.45, 2.75) is 12.8 Å². The number of carbonyl (C=O) groups is 1. The van der Waals surface area contributed by atoms with Gasteiger partial charge in [-0.15, -0.1) is 0 Å². The van der Waals surface area contributed by atoms with Crippen LogP contribution < -0.4 is 9.44 Å². The highest BCUT2D eigenvalue weighted by molar-refractivity contribution is 7.88. The van der Waals surface area contributed by atoms with Gasteiger partial charge in [-0.3, -0.25) is 0 Å². The lowest BCUT2D eigenvalue weighted by Crippen LogP contribution is -2.40. The Hall–Kier alpha value is -0.860. The number of aliphatic hydroxyl groups excluding tert-OH is 1. The lowest BCUT2D eigenvalue weighted by atomic mass is 10.3. The second-order valence-electron chi connectivity index (χ2n) is 2.42. The first kappa shape index (κ1) is 13.1. The Morgan fingerprint density at radius 1 is 1.43 bits per heavy atom. The molecule has 7 nitrogen and oxygen atoms in total. The van der Waals surface area contributed by atoms with Crippen molar-refractivity contribution in [3.05, 3.63) is 0 Å². The number of hydrogen-bond donors (Lipinski definition) is 3. The Labute approximate surface area is 82.6 Å². The van der Waals surface area contributed by atoms with Crippen LogP contribution in [0.25, 0.3) is 0 Å². The summed E-state index contributed by atoms with van der Waals surface area (Å²) in [5.41, 5.74) is 0. The Kier molecular flexibility index (Phi) is 6.17. The van der Waals surface area contributed by atoms with E-state index in [2.05, 4.69) is 9.46 Å². The van der Waals surface area contributed by atoms with Crippen LogP contribution in [0.5, 0.6) is 0 Å². The summed E-state index contributed by atoms with van der Waals surface area (Å²) in [4.78, 5) is 10.5. The topological polar surface area (TPSA) is 105 Å². The van der Waals surface area contributed by atoms with Crippen LogP contribution in [0.4, 0.5) is 4.79 Å². The van der Waals surface area contributed by atoms with E-state index in [1.165, 1.54) is 0 Å². The maximum absolute atomic E-state index is 11.0. The molecule has 0 aliphatic heterocycles. The fourth-order valence-electron chi connectivity index (χ4n) is 0.631. The van der Waals surface area contributed by atoms with Gasteiger partial charge < -0.3 is 9.84 Å². The normalized spacial score (nSPS) is 11.0. The third-order valence-corrected chi connectivity index (χ3v) is 2.30. The van der Waals surface area contributed by atoms with Crippen LogP contribution in [0.1, 0.15) is 12.8 Å². The van der Waals surface area contributed by atoms with Gasteiger partial charge in [0.25, 0.3) is 0 Å². The Morgan fingerprint density at radius 3 is 2.57 bits per heavy atom. The van der Waals surface area contributed by atoms with Crippen LogP contribution in [0.2, 0.25) is 0 Å². The molecule has 0 aromatic rings. The minimum atomic E-state index is -3.83. The smallest absolute Gasteiger partial charge is 0.421 e. The zero-order valence-corrected chi connectivity index (χ0v) is 8.63. The summed E-state index contributed by atoms with van der Waals surface area (Å²) in [7, 11) is -2.76. The van der Waals surface area contributed by atoms with Gasteiger partial charge in [0.2, 0.25) is 0 Å². The maximum Gasteiger partial charge on any atom is 0.421 e. The average Bonchev–Trinajstić information content (AvgIpc) is 2.12. The number of rotatable bonds is 6. The zero-order valence-electron chi connectivity index (χ0n) is 7.82. The highest BCUT2D eigenvalue weighted by Crippen LogP contribution is 1.86. The number of hydrogen-bond acceptors (Lipinski definition) is 5. The number of amides is 1. The van der Waals surface area contributed by atoms with Crippen molar-refractivity contribution >= 4 is 16.3 Å². The van der Waals surface area contributed by atoms with Gasteiger partial charge in [-0.25, -0.2) is 9.52 Å². The molecule has 0 radical (unpaired) electrons. The number of aliphatic hydroxyl groups is 1. The highest BCUT2D eigenvalue weighted by Gasteiger charge is 2.12. The summed E-state index contributed by atoms with van der Waals surface area (Å²) in [6.07, 6.45) is -0.0427. The largest absolute Gasteiger partial charge is 0.452 e. The molecule has 1 amide bonds. The van der Waals surface area contributed by atoms with Crippen molar-refractivity contribution in [3.8, 4) is 0 Å². The van der Waals surface area contributed by atoms with Crippen LogP contribution in [-0.2, 0) is 14.9 Å². The molecule has 0 fully saturated rings. The van der Waals surface area contributed by atoms with E-state index in [-0.39, 0.29) is 13.2 Å². The van der Waals surface area contributed by atoms with E-state index in [0.717, 1.165) is 7.11 Å². The molecule has 0 atom stereocenters. The summed E-state index contributed by atoms with van der Waals surface area (Å²) < 4.78 is 29.8. The van der Waals surface area contributed by atoms with Crippen molar-refractivity contribution in [1.29, 1.82) is 0 Å². The lowest BCUT2D eigenvalue weighted by Gasteiger charge is -2.06. The molecule has 0 aliphatic rings. The summed E-state index contributed by atoms with van der Waals surface area (Å²) in [5.74, 6) is 0. The van der Waals surface area contributed by atoms with E-state index in [1.807, 2.05) is 0 Å². The molecular formula is C6H14N2O5S. The quantitative estimate of drug-likeness (QED) is 0.501. The van der Waals surface area contributed by atoms with Crippen molar-refractivity contribution in [1.82, 2.24) is 9.44 Å².